The van der Waals surface area contributed by atoms with Crippen molar-refractivity contribution in [3.8, 4) is 0 Å². The number of hydrogen-bond donors (Lipinski definition) is 1. The molecule has 0 spiro atoms. The molecule has 21 heavy (non-hydrogen) atoms. The van der Waals surface area contributed by atoms with Crippen LogP contribution in [0.15, 0.2) is 35.3 Å². The lowest BCUT2D eigenvalue weighted by Gasteiger charge is -2.32. The van der Waals surface area contributed by atoms with Gasteiger partial charge in [-0.1, -0.05) is 5.16 Å². The highest BCUT2D eigenvalue weighted by Crippen LogP contribution is 2.19. The minimum Gasteiger partial charge on any atom is -0.364 e. The number of carbonyl (C=O) groups excluding carboxylic acids is 1. The van der Waals surface area contributed by atoms with Crippen molar-refractivity contribution in [2.75, 3.05) is 24.5 Å². The summed E-state index contributed by atoms with van der Waals surface area (Å²) in [6, 6.07) is 3.36. The molecule has 1 N–H and O–H groups in total. The van der Waals surface area contributed by atoms with Crippen molar-refractivity contribution in [3.63, 3.8) is 0 Å². The third kappa shape index (κ3) is 3.36. The molecule has 7 nitrogen and oxygen atoms in total. The van der Waals surface area contributed by atoms with Crippen LogP contribution in [0.1, 0.15) is 23.3 Å². The predicted molar refractivity (Wildman–Crippen MR) is 75.8 cm³/mol. The average Bonchev–Trinajstić information content (AvgIpc) is 3.08. The van der Waals surface area contributed by atoms with E-state index >= 15 is 0 Å². The number of hydrogen-bond acceptors (Lipinski definition) is 6. The zero-order chi connectivity index (χ0) is 14.5. The summed E-state index contributed by atoms with van der Waals surface area (Å²) in [6.45, 7) is 2.43. The first-order valence-corrected chi connectivity index (χ1v) is 7.03. The monoisotopic (exact) mass is 287 g/mol. The van der Waals surface area contributed by atoms with Crippen LogP contribution in [0.4, 0.5) is 5.95 Å². The molecule has 0 radical (unpaired) electrons. The Labute approximate surface area is 122 Å². The molecule has 3 heterocycles. The molecule has 1 aliphatic rings. The molecule has 0 aromatic carbocycles. The van der Waals surface area contributed by atoms with E-state index in [0.717, 1.165) is 31.9 Å². The standard InChI is InChI=1S/C14H17N5O2/c20-13(12-4-8-21-18-12)17-9-11-3-1-7-19(10-11)14-15-5-2-6-16-14/h2,4-6,8,11H,1,3,7,9-10H2,(H,17,20). The van der Waals surface area contributed by atoms with Crippen molar-refractivity contribution < 1.29 is 9.32 Å². The van der Waals surface area contributed by atoms with Crippen LogP contribution in [0.5, 0.6) is 0 Å². The van der Waals surface area contributed by atoms with E-state index < -0.39 is 0 Å². The van der Waals surface area contributed by atoms with Gasteiger partial charge in [-0.05, 0) is 24.8 Å². The fourth-order valence-electron chi connectivity index (χ4n) is 2.53. The maximum atomic E-state index is 11.8. The first kappa shape index (κ1) is 13.5. The maximum absolute atomic E-state index is 11.8. The highest BCUT2D eigenvalue weighted by molar-refractivity contribution is 5.91. The molecule has 3 rings (SSSR count). The van der Waals surface area contributed by atoms with Crippen molar-refractivity contribution in [1.29, 1.82) is 0 Å². The normalized spacial score (nSPS) is 18.5. The van der Waals surface area contributed by atoms with Gasteiger partial charge in [0.1, 0.15) is 6.26 Å². The molecule has 0 saturated carbocycles. The zero-order valence-electron chi connectivity index (χ0n) is 11.6. The number of anilines is 1. The Morgan fingerprint density at radius 3 is 3.05 bits per heavy atom. The Balaban J connectivity index is 1.53. The van der Waals surface area contributed by atoms with E-state index in [9.17, 15) is 4.79 Å². The van der Waals surface area contributed by atoms with E-state index in [1.165, 1.54) is 6.26 Å². The Bertz CT molecular complexity index is 572. The number of piperidine rings is 1. The lowest BCUT2D eigenvalue weighted by Crippen LogP contribution is -2.41. The van der Waals surface area contributed by atoms with Gasteiger partial charge in [0.15, 0.2) is 5.69 Å². The molecule has 0 aliphatic carbocycles. The zero-order valence-corrected chi connectivity index (χ0v) is 11.6. The SMILES string of the molecule is O=C(NCC1CCCN(c2ncccn2)C1)c1ccon1. The van der Waals surface area contributed by atoms with Crippen molar-refractivity contribution >= 4 is 11.9 Å². The fourth-order valence-corrected chi connectivity index (χ4v) is 2.53. The van der Waals surface area contributed by atoms with E-state index in [2.05, 4.69) is 29.9 Å². The van der Waals surface area contributed by atoms with Gasteiger partial charge < -0.3 is 14.7 Å². The molecule has 1 fully saturated rings. The average molecular weight is 287 g/mol. The third-order valence-electron chi connectivity index (χ3n) is 3.58. The van der Waals surface area contributed by atoms with Gasteiger partial charge in [0.25, 0.3) is 5.91 Å². The van der Waals surface area contributed by atoms with Crippen LogP contribution >= 0.6 is 0 Å². The number of aromatic nitrogens is 3. The second-order valence-electron chi connectivity index (χ2n) is 5.10. The van der Waals surface area contributed by atoms with Gasteiger partial charge in [0.05, 0.1) is 0 Å². The third-order valence-corrected chi connectivity index (χ3v) is 3.58. The summed E-state index contributed by atoms with van der Waals surface area (Å²) in [4.78, 5) is 22.5. The Morgan fingerprint density at radius 2 is 2.29 bits per heavy atom. The molecule has 1 aliphatic heterocycles. The first-order chi connectivity index (χ1) is 10.3. The van der Waals surface area contributed by atoms with Gasteiger partial charge in [-0.3, -0.25) is 4.79 Å². The molecule has 1 saturated heterocycles. The molecule has 1 amide bonds. The molecule has 2 aromatic rings. The van der Waals surface area contributed by atoms with E-state index in [1.54, 1.807) is 18.5 Å². The molecule has 0 bridgehead atoms. The predicted octanol–water partition coefficient (Wildman–Crippen LogP) is 1.11. The Hall–Kier alpha value is -2.44. The summed E-state index contributed by atoms with van der Waals surface area (Å²) in [5.74, 6) is 0.945. The molecule has 1 unspecified atom stereocenters. The molecular formula is C14H17N5O2. The van der Waals surface area contributed by atoms with Crippen LogP contribution in [-0.2, 0) is 0 Å². The molecule has 110 valence electrons. The molecular weight excluding hydrogens is 270 g/mol. The largest absolute Gasteiger partial charge is 0.364 e. The Kier molecular flexibility index (Phi) is 4.09. The highest BCUT2D eigenvalue weighted by atomic mass is 16.5. The lowest BCUT2D eigenvalue weighted by atomic mass is 9.98. The van der Waals surface area contributed by atoms with Crippen LogP contribution in [0.25, 0.3) is 0 Å². The summed E-state index contributed by atoms with van der Waals surface area (Å²) >= 11 is 0. The summed E-state index contributed by atoms with van der Waals surface area (Å²) < 4.78 is 4.67. The highest BCUT2D eigenvalue weighted by Gasteiger charge is 2.22. The first-order valence-electron chi connectivity index (χ1n) is 7.03. The minimum atomic E-state index is -0.197. The van der Waals surface area contributed by atoms with Crippen LogP contribution in [-0.4, -0.2) is 40.7 Å². The van der Waals surface area contributed by atoms with Crippen LogP contribution in [0, 0.1) is 5.92 Å². The smallest absolute Gasteiger partial charge is 0.273 e. The number of amides is 1. The van der Waals surface area contributed by atoms with Crippen LogP contribution in [0.3, 0.4) is 0 Å². The van der Waals surface area contributed by atoms with Crippen LogP contribution in [0.2, 0.25) is 0 Å². The van der Waals surface area contributed by atoms with Crippen LogP contribution < -0.4 is 10.2 Å². The Morgan fingerprint density at radius 1 is 1.43 bits per heavy atom. The summed E-state index contributed by atoms with van der Waals surface area (Å²) in [5, 5.41) is 6.52. The summed E-state index contributed by atoms with van der Waals surface area (Å²) in [6.07, 6.45) is 7.05. The van der Waals surface area contributed by atoms with E-state index in [1.807, 2.05) is 6.07 Å². The fraction of sp³-hybridized carbons (Fsp3) is 0.429. The van der Waals surface area contributed by atoms with Crippen molar-refractivity contribution in [3.05, 3.63) is 36.5 Å². The van der Waals surface area contributed by atoms with Crippen molar-refractivity contribution in [2.45, 2.75) is 12.8 Å². The second kappa shape index (κ2) is 6.34. The van der Waals surface area contributed by atoms with Gasteiger partial charge in [-0.15, -0.1) is 0 Å². The molecule has 2 aromatic heterocycles. The van der Waals surface area contributed by atoms with E-state index in [0.29, 0.717) is 18.2 Å². The number of nitrogens with zero attached hydrogens (tertiary/aromatic N) is 4. The molecule has 7 heteroatoms. The van der Waals surface area contributed by atoms with E-state index in [-0.39, 0.29) is 5.91 Å². The summed E-state index contributed by atoms with van der Waals surface area (Å²) in [7, 11) is 0. The number of rotatable bonds is 4. The van der Waals surface area contributed by atoms with E-state index in [4.69, 9.17) is 0 Å². The maximum Gasteiger partial charge on any atom is 0.273 e. The summed E-state index contributed by atoms with van der Waals surface area (Å²) in [5.41, 5.74) is 0.314. The van der Waals surface area contributed by atoms with Gasteiger partial charge in [-0.25, -0.2) is 9.97 Å². The van der Waals surface area contributed by atoms with Gasteiger partial charge >= 0.3 is 0 Å². The minimum absolute atomic E-state index is 0.197. The quantitative estimate of drug-likeness (QED) is 0.907. The second-order valence-corrected chi connectivity index (χ2v) is 5.10. The molecule has 1 atom stereocenters. The lowest BCUT2D eigenvalue weighted by molar-refractivity contribution is 0.0936. The number of nitrogens with one attached hydrogen (secondary N) is 1. The topological polar surface area (TPSA) is 84.2 Å². The van der Waals surface area contributed by atoms with Gasteiger partial charge in [-0.2, -0.15) is 0 Å². The van der Waals surface area contributed by atoms with Gasteiger partial charge in [0, 0.05) is 38.1 Å². The number of carbonyl (C=O) groups is 1. The van der Waals surface area contributed by atoms with Crippen molar-refractivity contribution in [1.82, 2.24) is 20.4 Å². The van der Waals surface area contributed by atoms with Gasteiger partial charge in [0.2, 0.25) is 5.95 Å². The van der Waals surface area contributed by atoms with Crippen molar-refractivity contribution in [2.24, 2.45) is 5.92 Å².